The number of methoxy groups -OCH3 is 1. The lowest BCUT2D eigenvalue weighted by Crippen LogP contribution is -2.22. The van der Waals surface area contributed by atoms with Crippen molar-refractivity contribution in [2.24, 2.45) is 0 Å². The highest BCUT2D eigenvalue weighted by atomic mass is 31.2. The Bertz CT molecular complexity index is 194. The lowest BCUT2D eigenvalue weighted by atomic mass is 10.5. The first-order valence-electron chi connectivity index (χ1n) is 5.10. The summed E-state index contributed by atoms with van der Waals surface area (Å²) in [6.45, 7) is 8.16. The maximum Gasteiger partial charge on any atom is 0.406 e. The van der Waals surface area contributed by atoms with Crippen LogP contribution in [0.4, 0.5) is 0 Å². The Labute approximate surface area is 92.1 Å². The molecule has 0 aromatic carbocycles. The van der Waals surface area contributed by atoms with Gasteiger partial charge in [-0.2, -0.15) is 0 Å². The van der Waals surface area contributed by atoms with Gasteiger partial charge in [0.25, 0.3) is 0 Å². The highest BCUT2D eigenvalue weighted by Gasteiger charge is 2.26. The second kappa shape index (κ2) is 7.36. The number of hydrogen-bond donors (Lipinski definition) is 1. The van der Waals surface area contributed by atoms with Gasteiger partial charge in [-0.3, -0.25) is 9.05 Å². The van der Waals surface area contributed by atoms with Gasteiger partial charge in [0.05, 0.1) is 18.8 Å². The summed E-state index contributed by atoms with van der Waals surface area (Å²) in [5, 5.41) is 2.75. The van der Waals surface area contributed by atoms with Crippen LogP contribution in [0.5, 0.6) is 0 Å². The molecule has 6 heteroatoms. The van der Waals surface area contributed by atoms with E-state index in [1.807, 2.05) is 27.7 Å². The molecule has 1 N–H and O–H groups in total. The molecule has 0 rings (SSSR count). The van der Waals surface area contributed by atoms with E-state index in [0.29, 0.717) is 13.2 Å². The standard InChI is InChI=1S/C9H22NO4P/c1-8(2)13-15(11,14-9(3)4)10-6-7-12-5/h8-9H,6-7H2,1-5H3,(H,10,11). The smallest absolute Gasteiger partial charge is 0.383 e. The molecule has 0 amide bonds. The van der Waals surface area contributed by atoms with Crippen LogP contribution in [-0.2, 0) is 18.3 Å². The first-order valence-corrected chi connectivity index (χ1v) is 6.65. The minimum Gasteiger partial charge on any atom is -0.383 e. The Morgan fingerprint density at radius 2 is 1.60 bits per heavy atom. The van der Waals surface area contributed by atoms with Gasteiger partial charge in [-0.05, 0) is 27.7 Å². The van der Waals surface area contributed by atoms with Crippen molar-refractivity contribution in [2.75, 3.05) is 20.3 Å². The van der Waals surface area contributed by atoms with Crippen LogP contribution in [-0.4, -0.2) is 32.5 Å². The third-order valence-electron chi connectivity index (χ3n) is 1.31. The molecule has 0 aliphatic carbocycles. The van der Waals surface area contributed by atoms with Crippen molar-refractivity contribution in [3.05, 3.63) is 0 Å². The van der Waals surface area contributed by atoms with Gasteiger partial charge in [-0.25, -0.2) is 9.65 Å². The Morgan fingerprint density at radius 3 is 1.93 bits per heavy atom. The molecule has 0 aromatic heterocycles. The fraction of sp³-hybridized carbons (Fsp3) is 1.00. The summed E-state index contributed by atoms with van der Waals surface area (Å²) in [7, 11) is -1.61. The molecule has 0 aliphatic heterocycles. The molecule has 0 heterocycles. The molecule has 0 unspecified atom stereocenters. The van der Waals surface area contributed by atoms with E-state index in [1.54, 1.807) is 7.11 Å². The van der Waals surface area contributed by atoms with Crippen LogP contribution in [0.25, 0.3) is 0 Å². The predicted octanol–water partition coefficient (Wildman–Crippen LogP) is 2.18. The molecule has 5 nitrogen and oxygen atoms in total. The summed E-state index contributed by atoms with van der Waals surface area (Å²) in [6, 6.07) is 0. The van der Waals surface area contributed by atoms with Crippen molar-refractivity contribution < 1.29 is 18.3 Å². The van der Waals surface area contributed by atoms with Crippen molar-refractivity contribution in [3.63, 3.8) is 0 Å². The maximum absolute atomic E-state index is 12.1. The molecular weight excluding hydrogens is 217 g/mol. The normalized spacial score (nSPS) is 12.7. The lowest BCUT2D eigenvalue weighted by Gasteiger charge is -2.22. The van der Waals surface area contributed by atoms with Crippen LogP contribution in [0.15, 0.2) is 0 Å². The summed E-state index contributed by atoms with van der Waals surface area (Å²) in [5.41, 5.74) is 0. The highest BCUT2D eigenvalue weighted by Crippen LogP contribution is 2.45. The molecular formula is C9H22NO4P. The minimum absolute atomic E-state index is 0.148. The van der Waals surface area contributed by atoms with Crippen LogP contribution in [0, 0.1) is 0 Å². The summed E-state index contributed by atoms with van der Waals surface area (Å²) in [6.07, 6.45) is -0.297. The van der Waals surface area contributed by atoms with E-state index in [-0.39, 0.29) is 12.2 Å². The van der Waals surface area contributed by atoms with Gasteiger partial charge in [0, 0.05) is 13.7 Å². The van der Waals surface area contributed by atoms with Crippen LogP contribution in [0.3, 0.4) is 0 Å². The first-order chi connectivity index (χ1) is 6.89. The van der Waals surface area contributed by atoms with Gasteiger partial charge in [-0.1, -0.05) is 0 Å². The molecule has 92 valence electrons. The molecule has 0 radical (unpaired) electrons. The number of ether oxygens (including phenoxy) is 1. The second-order valence-corrected chi connectivity index (χ2v) is 5.44. The lowest BCUT2D eigenvalue weighted by molar-refractivity contribution is 0.131. The van der Waals surface area contributed by atoms with Gasteiger partial charge in [-0.15, -0.1) is 0 Å². The SMILES string of the molecule is COCCNP(=O)(OC(C)C)OC(C)C. The molecule has 0 atom stereocenters. The van der Waals surface area contributed by atoms with E-state index in [9.17, 15) is 4.57 Å². The summed E-state index contributed by atoms with van der Waals surface area (Å²) in [5.74, 6) is 0. The van der Waals surface area contributed by atoms with Gasteiger partial charge in [0.15, 0.2) is 0 Å². The van der Waals surface area contributed by atoms with Crippen molar-refractivity contribution in [3.8, 4) is 0 Å². The van der Waals surface area contributed by atoms with E-state index in [4.69, 9.17) is 13.8 Å². The molecule has 0 bridgehead atoms. The molecule has 0 spiro atoms. The number of nitrogens with one attached hydrogen (secondary N) is 1. The van der Waals surface area contributed by atoms with Gasteiger partial charge in [0.2, 0.25) is 0 Å². The van der Waals surface area contributed by atoms with Crippen LogP contribution in [0.2, 0.25) is 0 Å². The summed E-state index contributed by atoms with van der Waals surface area (Å²) >= 11 is 0. The average Bonchev–Trinajstić information content (AvgIpc) is 2.00. The van der Waals surface area contributed by atoms with Crippen molar-refractivity contribution >= 4 is 7.75 Å². The molecule has 0 aromatic rings. The average molecular weight is 239 g/mol. The molecule has 0 saturated heterocycles. The van der Waals surface area contributed by atoms with E-state index >= 15 is 0 Å². The van der Waals surface area contributed by atoms with Crippen LogP contribution in [0.1, 0.15) is 27.7 Å². The Morgan fingerprint density at radius 1 is 1.13 bits per heavy atom. The number of rotatable bonds is 8. The van der Waals surface area contributed by atoms with Crippen molar-refractivity contribution in [1.29, 1.82) is 0 Å². The molecule has 15 heavy (non-hydrogen) atoms. The second-order valence-electron chi connectivity index (χ2n) is 3.71. The third-order valence-corrected chi connectivity index (χ3v) is 3.32. The highest BCUT2D eigenvalue weighted by molar-refractivity contribution is 7.51. The topological polar surface area (TPSA) is 56.8 Å². The first kappa shape index (κ1) is 15.1. The zero-order valence-corrected chi connectivity index (χ0v) is 11.0. The van der Waals surface area contributed by atoms with Gasteiger partial charge in [0.1, 0.15) is 0 Å². The predicted molar refractivity (Wildman–Crippen MR) is 59.9 cm³/mol. The summed E-state index contributed by atoms with van der Waals surface area (Å²) in [4.78, 5) is 0. The van der Waals surface area contributed by atoms with Crippen LogP contribution < -0.4 is 5.09 Å². The largest absolute Gasteiger partial charge is 0.406 e. The zero-order valence-electron chi connectivity index (χ0n) is 10.1. The molecule has 0 fully saturated rings. The van der Waals surface area contributed by atoms with E-state index in [1.165, 1.54) is 0 Å². The number of hydrogen-bond acceptors (Lipinski definition) is 4. The summed E-state index contributed by atoms with van der Waals surface area (Å²) < 4.78 is 27.5. The zero-order chi connectivity index (χ0) is 11.9. The monoisotopic (exact) mass is 239 g/mol. The van der Waals surface area contributed by atoms with Crippen LogP contribution >= 0.6 is 7.75 Å². The maximum atomic E-state index is 12.1. The minimum atomic E-state index is -3.19. The third kappa shape index (κ3) is 7.94. The van der Waals surface area contributed by atoms with E-state index < -0.39 is 7.75 Å². The van der Waals surface area contributed by atoms with E-state index in [2.05, 4.69) is 5.09 Å². The Kier molecular flexibility index (Phi) is 7.40. The van der Waals surface area contributed by atoms with Crippen molar-refractivity contribution in [2.45, 2.75) is 39.9 Å². The quantitative estimate of drug-likeness (QED) is 0.519. The molecule has 0 aliphatic rings. The Balaban J connectivity index is 4.21. The Hall–Kier alpha value is 0.0700. The van der Waals surface area contributed by atoms with Gasteiger partial charge < -0.3 is 4.74 Å². The van der Waals surface area contributed by atoms with Gasteiger partial charge >= 0.3 is 7.75 Å². The fourth-order valence-electron chi connectivity index (χ4n) is 0.939. The van der Waals surface area contributed by atoms with E-state index in [0.717, 1.165) is 0 Å². The van der Waals surface area contributed by atoms with Crippen molar-refractivity contribution in [1.82, 2.24) is 5.09 Å². The molecule has 0 saturated carbocycles. The fourth-order valence-corrected chi connectivity index (χ4v) is 2.61.